The summed E-state index contributed by atoms with van der Waals surface area (Å²) in [6.07, 6.45) is 3.66. The Morgan fingerprint density at radius 3 is 2.40 bits per heavy atom. The lowest BCUT2D eigenvalue weighted by Crippen LogP contribution is -2.26. The van der Waals surface area contributed by atoms with Crippen LogP contribution in [-0.2, 0) is 17.3 Å². The minimum atomic E-state index is -1.22. The Labute approximate surface area is 202 Å². The summed E-state index contributed by atoms with van der Waals surface area (Å²) in [6, 6.07) is 9.23. The number of hydrogen-bond acceptors (Lipinski definition) is 8. The molecule has 0 radical (unpaired) electrons. The number of halogens is 1. The van der Waals surface area contributed by atoms with Crippen molar-refractivity contribution in [3.8, 4) is 11.5 Å². The lowest BCUT2D eigenvalue weighted by atomic mass is 10.1. The van der Waals surface area contributed by atoms with E-state index in [0.717, 1.165) is 0 Å². The highest BCUT2D eigenvalue weighted by Gasteiger charge is 2.22. The number of anilines is 2. The van der Waals surface area contributed by atoms with Crippen molar-refractivity contribution in [2.75, 3.05) is 24.0 Å². The first-order valence-corrected chi connectivity index (χ1v) is 12.3. The van der Waals surface area contributed by atoms with Gasteiger partial charge in [0.25, 0.3) is 0 Å². The highest BCUT2D eigenvalue weighted by Crippen LogP contribution is 2.30. The molecule has 0 spiro atoms. The molecule has 6 N–H and O–H groups in total. The van der Waals surface area contributed by atoms with E-state index < -0.39 is 22.9 Å². The number of rotatable bonds is 5. The number of nitrogens with zero attached hydrogens (tertiary/aromatic N) is 5. The second-order valence-corrected chi connectivity index (χ2v) is 9.10. The largest absolute Gasteiger partial charge is 0.465 e. The van der Waals surface area contributed by atoms with Crippen LogP contribution in [0.25, 0.3) is 22.6 Å². The molecule has 184 valence electrons. The predicted molar refractivity (Wildman–Crippen MR) is 132 cm³/mol. The molecule has 11 nitrogen and oxygen atoms in total. The van der Waals surface area contributed by atoms with Crippen molar-refractivity contribution in [3.05, 3.63) is 59.5 Å². The first-order valence-electron chi connectivity index (χ1n) is 10.3. The molecule has 0 aliphatic rings. The van der Waals surface area contributed by atoms with Gasteiger partial charge in [-0.3, -0.25) is 4.21 Å². The molecule has 3 aromatic heterocycles. The highest BCUT2D eigenvalue weighted by atomic mass is 32.2. The molecular weight excluding hydrogens is 475 g/mol. The van der Waals surface area contributed by atoms with Crippen LogP contribution >= 0.6 is 0 Å². The van der Waals surface area contributed by atoms with Crippen LogP contribution in [0.4, 0.5) is 20.8 Å². The third-order valence-electron chi connectivity index (χ3n) is 4.77. The number of aromatic nitrogens is 5. The van der Waals surface area contributed by atoms with E-state index in [0.29, 0.717) is 22.3 Å². The number of fused-ring (bicyclic) bond motifs is 1. The second kappa shape index (κ2) is 10.9. The van der Waals surface area contributed by atoms with Crippen LogP contribution in [0.5, 0.6) is 0 Å². The van der Waals surface area contributed by atoms with E-state index in [1.54, 1.807) is 60.6 Å². The molecule has 1 unspecified atom stereocenters. The molecule has 0 saturated carbocycles. The molecule has 4 rings (SSSR count). The van der Waals surface area contributed by atoms with Gasteiger partial charge in [0.2, 0.25) is 0 Å². The number of pyridine rings is 1. The molecule has 1 atom stereocenters. The maximum absolute atomic E-state index is 14.2. The third kappa shape index (κ3) is 6.06. The van der Waals surface area contributed by atoms with E-state index in [2.05, 4.69) is 25.4 Å². The minimum absolute atomic E-state index is 0.0319. The molecule has 35 heavy (non-hydrogen) atoms. The number of carbonyl (C=O) groups is 1. The lowest BCUT2D eigenvalue weighted by Gasteiger charge is -2.16. The van der Waals surface area contributed by atoms with Crippen molar-refractivity contribution in [2.45, 2.75) is 19.5 Å². The van der Waals surface area contributed by atoms with Gasteiger partial charge in [-0.1, -0.05) is 18.2 Å². The summed E-state index contributed by atoms with van der Waals surface area (Å²) in [4.78, 5) is 23.9. The summed E-state index contributed by atoms with van der Waals surface area (Å²) in [5.74, 6) is -0.127. The zero-order chi connectivity index (χ0) is 25.7. The quantitative estimate of drug-likeness (QED) is 0.321. The van der Waals surface area contributed by atoms with E-state index in [1.165, 1.54) is 6.07 Å². The normalized spacial score (nSPS) is 11.7. The van der Waals surface area contributed by atoms with Gasteiger partial charge in [-0.15, -0.1) is 0 Å². The van der Waals surface area contributed by atoms with E-state index in [4.69, 9.17) is 16.6 Å². The zero-order valence-corrected chi connectivity index (χ0v) is 20.1. The van der Waals surface area contributed by atoms with Gasteiger partial charge in [0.15, 0.2) is 11.5 Å². The molecule has 1 aromatic carbocycles. The molecule has 0 bridgehead atoms. The lowest BCUT2D eigenvalue weighted by molar-refractivity contribution is 0.191. The summed E-state index contributed by atoms with van der Waals surface area (Å²) in [7, 11) is -0.611. The predicted octanol–water partition coefficient (Wildman–Crippen LogP) is 2.56. The Hall–Kier alpha value is -4.13. The Morgan fingerprint density at radius 2 is 1.80 bits per heavy atom. The number of nitrogen functional groups attached to an aromatic ring is 2. The Morgan fingerprint density at radius 1 is 1.17 bits per heavy atom. The molecule has 4 aromatic rings. The average molecular weight is 501 g/mol. The van der Waals surface area contributed by atoms with Crippen LogP contribution in [0.1, 0.15) is 24.1 Å². The number of hydrogen-bond donors (Lipinski definition) is 4. The van der Waals surface area contributed by atoms with Gasteiger partial charge in [-0.25, -0.2) is 28.8 Å². The van der Waals surface area contributed by atoms with Crippen LogP contribution in [0.15, 0.2) is 42.6 Å². The van der Waals surface area contributed by atoms with Gasteiger partial charge in [-0.2, -0.15) is 5.10 Å². The maximum Gasteiger partial charge on any atom is 0.405 e. The summed E-state index contributed by atoms with van der Waals surface area (Å²) in [6.45, 7) is 1.74. The summed E-state index contributed by atoms with van der Waals surface area (Å²) in [5.41, 5.74) is 13.8. The SMILES string of the molecule is CC(NC(=O)O)c1c(N)nc(-c2nn(Cc3ccccc3F)c3ncccc23)nc1N.CS(C)=O. The van der Waals surface area contributed by atoms with Crippen LogP contribution in [0.2, 0.25) is 0 Å². The van der Waals surface area contributed by atoms with Crippen molar-refractivity contribution in [2.24, 2.45) is 0 Å². The van der Waals surface area contributed by atoms with Crippen molar-refractivity contribution >= 4 is 39.6 Å². The minimum Gasteiger partial charge on any atom is -0.465 e. The van der Waals surface area contributed by atoms with Crippen LogP contribution in [0.3, 0.4) is 0 Å². The number of nitrogens with two attached hydrogens (primary N) is 2. The van der Waals surface area contributed by atoms with E-state index in [1.807, 2.05) is 0 Å². The van der Waals surface area contributed by atoms with Crippen LogP contribution in [-0.4, -0.2) is 52.7 Å². The molecule has 13 heteroatoms. The molecule has 3 heterocycles. The van der Waals surface area contributed by atoms with Gasteiger partial charge < -0.3 is 21.9 Å². The Balaban J connectivity index is 0.000000795. The third-order valence-corrected chi connectivity index (χ3v) is 4.77. The topological polar surface area (TPSA) is 175 Å². The second-order valence-electron chi connectivity index (χ2n) is 7.62. The molecule has 0 fully saturated rings. The molecule has 1 amide bonds. The number of amides is 1. The first-order chi connectivity index (χ1) is 16.6. The van der Waals surface area contributed by atoms with Crippen LogP contribution < -0.4 is 16.8 Å². The summed E-state index contributed by atoms with van der Waals surface area (Å²) < 4.78 is 25.3. The van der Waals surface area contributed by atoms with Crippen molar-refractivity contribution in [1.29, 1.82) is 0 Å². The van der Waals surface area contributed by atoms with Gasteiger partial charge in [0, 0.05) is 35.1 Å². The summed E-state index contributed by atoms with van der Waals surface area (Å²) >= 11 is 0. The zero-order valence-electron chi connectivity index (χ0n) is 19.3. The standard InChI is InChI=1S/C20H19FN8O2.C2H6OS/c1-10(25-20(30)31)14-16(22)26-18(27-17(14)23)15-12-6-4-8-24-19(12)29(28-15)9-11-5-2-3-7-13(11)21;1-4(2)3/h2-8,10,25H,9H2,1H3,(H,30,31)(H4,22,23,26,27);1-2H3. The van der Waals surface area contributed by atoms with Gasteiger partial charge in [-0.05, 0) is 25.1 Å². The Kier molecular flexibility index (Phi) is 7.91. The van der Waals surface area contributed by atoms with Crippen molar-refractivity contribution < 1.29 is 18.5 Å². The summed E-state index contributed by atoms with van der Waals surface area (Å²) in [5, 5.41) is 16.4. The number of benzene rings is 1. The van der Waals surface area contributed by atoms with E-state index in [9.17, 15) is 13.4 Å². The fourth-order valence-corrected chi connectivity index (χ4v) is 3.38. The number of nitrogens with one attached hydrogen (secondary N) is 1. The number of carboxylic acid groups (broad SMARTS) is 1. The average Bonchev–Trinajstić information content (AvgIpc) is 3.12. The van der Waals surface area contributed by atoms with Gasteiger partial charge >= 0.3 is 6.09 Å². The smallest absolute Gasteiger partial charge is 0.405 e. The first kappa shape index (κ1) is 25.5. The fourth-order valence-electron chi connectivity index (χ4n) is 3.38. The molecular formula is C22H25FN8O3S. The van der Waals surface area contributed by atoms with Gasteiger partial charge in [0.05, 0.1) is 23.5 Å². The van der Waals surface area contributed by atoms with Gasteiger partial charge in [0.1, 0.15) is 23.1 Å². The van der Waals surface area contributed by atoms with Crippen LogP contribution in [0, 0.1) is 5.82 Å². The monoisotopic (exact) mass is 500 g/mol. The Bertz CT molecular complexity index is 1370. The highest BCUT2D eigenvalue weighted by molar-refractivity contribution is 7.83. The van der Waals surface area contributed by atoms with Crippen molar-refractivity contribution in [1.82, 2.24) is 30.0 Å². The van der Waals surface area contributed by atoms with E-state index >= 15 is 0 Å². The fraction of sp³-hybridized carbons (Fsp3) is 0.227. The van der Waals surface area contributed by atoms with E-state index in [-0.39, 0.29) is 35.4 Å². The molecule has 0 saturated heterocycles. The van der Waals surface area contributed by atoms with Crippen molar-refractivity contribution in [3.63, 3.8) is 0 Å². The maximum atomic E-state index is 14.2. The molecule has 0 aliphatic heterocycles. The molecule has 0 aliphatic carbocycles.